The predicted molar refractivity (Wildman–Crippen MR) is 119 cm³/mol. The minimum absolute atomic E-state index is 0.0205. The Balaban J connectivity index is 1.96. The van der Waals surface area contributed by atoms with Gasteiger partial charge in [-0.1, -0.05) is 24.3 Å². The van der Waals surface area contributed by atoms with Crippen molar-refractivity contribution in [1.29, 1.82) is 0 Å². The van der Waals surface area contributed by atoms with E-state index in [-0.39, 0.29) is 10.1 Å². The molecule has 6 heteroatoms. The van der Waals surface area contributed by atoms with E-state index >= 15 is 0 Å². The highest BCUT2D eigenvalue weighted by Gasteiger charge is 2.44. The highest BCUT2D eigenvalue weighted by Crippen LogP contribution is 2.48. The van der Waals surface area contributed by atoms with Gasteiger partial charge in [0.05, 0.1) is 18.8 Å². The van der Waals surface area contributed by atoms with Crippen LogP contribution in [0.3, 0.4) is 0 Å². The second-order valence-corrected chi connectivity index (χ2v) is 10.3. The number of aliphatic hydroxyl groups is 1. The highest BCUT2D eigenvalue weighted by atomic mass is 32.2. The maximum atomic E-state index is 12.1. The van der Waals surface area contributed by atoms with Crippen molar-refractivity contribution in [2.75, 3.05) is 26.0 Å². The van der Waals surface area contributed by atoms with Gasteiger partial charge in [-0.2, -0.15) is 0 Å². The first-order valence-corrected chi connectivity index (χ1v) is 11.4. The molecule has 0 spiro atoms. The third-order valence-electron chi connectivity index (χ3n) is 5.11. The standard InChI is InChI=1S/C22H29NO3S2/c1-21(2,3)23-14-27-20(28-15-23)22(24,16-6-10-18(25-4)11-7-16)17-8-12-19(26-5)13-9-17/h6-13,20,24H,14-15H2,1-5H3. The summed E-state index contributed by atoms with van der Waals surface area (Å²) in [7, 11) is 3.30. The minimum Gasteiger partial charge on any atom is -0.497 e. The third kappa shape index (κ3) is 4.30. The zero-order valence-electron chi connectivity index (χ0n) is 17.1. The van der Waals surface area contributed by atoms with Gasteiger partial charge in [-0.15, -0.1) is 23.5 Å². The van der Waals surface area contributed by atoms with E-state index in [1.807, 2.05) is 48.5 Å². The smallest absolute Gasteiger partial charge is 0.136 e. The molecule has 2 aromatic carbocycles. The summed E-state index contributed by atoms with van der Waals surface area (Å²) >= 11 is 3.58. The Hall–Kier alpha value is -1.34. The van der Waals surface area contributed by atoms with E-state index in [9.17, 15) is 5.11 Å². The molecule has 4 nitrogen and oxygen atoms in total. The summed E-state index contributed by atoms with van der Waals surface area (Å²) in [6, 6.07) is 15.5. The zero-order valence-corrected chi connectivity index (χ0v) is 18.8. The summed E-state index contributed by atoms with van der Waals surface area (Å²) < 4.78 is 10.6. The number of rotatable bonds is 5. The lowest BCUT2D eigenvalue weighted by molar-refractivity contribution is 0.0966. The fraction of sp³-hybridized carbons (Fsp3) is 0.455. The molecule has 28 heavy (non-hydrogen) atoms. The summed E-state index contributed by atoms with van der Waals surface area (Å²) in [6.07, 6.45) is 0. The van der Waals surface area contributed by atoms with Gasteiger partial charge in [0, 0.05) is 17.3 Å². The normalized spacial score (nSPS) is 16.8. The number of hydrogen-bond donors (Lipinski definition) is 1. The molecule has 152 valence electrons. The molecule has 1 fully saturated rings. The summed E-state index contributed by atoms with van der Waals surface area (Å²) in [5.41, 5.74) is 0.738. The van der Waals surface area contributed by atoms with Crippen LogP contribution in [0.25, 0.3) is 0 Å². The maximum Gasteiger partial charge on any atom is 0.136 e. The van der Waals surface area contributed by atoms with E-state index in [4.69, 9.17) is 9.47 Å². The quantitative estimate of drug-likeness (QED) is 0.754. The molecule has 0 aromatic heterocycles. The van der Waals surface area contributed by atoms with Gasteiger partial charge in [0.1, 0.15) is 17.1 Å². The van der Waals surface area contributed by atoms with Gasteiger partial charge in [0.2, 0.25) is 0 Å². The summed E-state index contributed by atoms with van der Waals surface area (Å²) in [5.74, 6) is 3.33. The molecule has 1 saturated heterocycles. The molecule has 1 aliphatic heterocycles. The fourth-order valence-electron chi connectivity index (χ4n) is 3.16. The van der Waals surface area contributed by atoms with E-state index in [1.165, 1.54) is 0 Å². The molecular weight excluding hydrogens is 390 g/mol. The van der Waals surface area contributed by atoms with Crippen LogP contribution in [-0.2, 0) is 5.60 Å². The van der Waals surface area contributed by atoms with Crippen molar-refractivity contribution in [3.05, 3.63) is 59.7 Å². The molecule has 0 saturated carbocycles. The van der Waals surface area contributed by atoms with Gasteiger partial charge in [-0.25, -0.2) is 0 Å². The van der Waals surface area contributed by atoms with E-state index in [1.54, 1.807) is 37.7 Å². The molecule has 0 bridgehead atoms. The lowest BCUT2D eigenvalue weighted by Crippen LogP contribution is -2.47. The minimum atomic E-state index is -1.11. The van der Waals surface area contributed by atoms with Crippen LogP contribution >= 0.6 is 23.5 Å². The second-order valence-electron chi connectivity index (χ2n) is 7.86. The Morgan fingerprint density at radius 1 is 0.821 bits per heavy atom. The summed E-state index contributed by atoms with van der Waals surface area (Å²) in [6.45, 7) is 6.69. The molecule has 0 aliphatic carbocycles. The molecule has 1 N–H and O–H groups in total. The first kappa shape index (κ1) is 21.4. The van der Waals surface area contributed by atoms with Crippen molar-refractivity contribution in [2.24, 2.45) is 0 Å². The van der Waals surface area contributed by atoms with Crippen LogP contribution in [0.15, 0.2) is 48.5 Å². The predicted octanol–water partition coefficient (Wildman–Crippen LogP) is 4.76. The largest absolute Gasteiger partial charge is 0.497 e. The van der Waals surface area contributed by atoms with Crippen LogP contribution in [0.5, 0.6) is 11.5 Å². The molecule has 1 aliphatic rings. The third-order valence-corrected chi connectivity index (χ3v) is 8.14. The molecule has 2 aromatic rings. The number of nitrogens with zero attached hydrogens (tertiary/aromatic N) is 1. The lowest BCUT2D eigenvalue weighted by Gasteiger charge is -2.45. The number of hydrogen-bond acceptors (Lipinski definition) is 6. The Bertz CT molecular complexity index is 716. The molecule has 0 amide bonds. The van der Waals surface area contributed by atoms with Crippen molar-refractivity contribution in [2.45, 2.75) is 36.5 Å². The number of ether oxygens (including phenoxy) is 2. The van der Waals surface area contributed by atoms with Gasteiger partial charge >= 0.3 is 0 Å². The number of benzene rings is 2. The van der Waals surface area contributed by atoms with Crippen LogP contribution in [0.1, 0.15) is 31.9 Å². The molecule has 1 heterocycles. The Morgan fingerprint density at radius 2 is 1.21 bits per heavy atom. The molecule has 0 radical (unpaired) electrons. The van der Waals surface area contributed by atoms with Crippen molar-refractivity contribution in [1.82, 2.24) is 4.90 Å². The Kier molecular flexibility index (Phi) is 6.54. The topological polar surface area (TPSA) is 41.9 Å². The van der Waals surface area contributed by atoms with Crippen LogP contribution < -0.4 is 9.47 Å². The SMILES string of the molecule is COc1ccc(C(O)(c2ccc(OC)cc2)C2SCN(C(C)(C)C)CS2)cc1. The van der Waals surface area contributed by atoms with Gasteiger partial charge < -0.3 is 14.6 Å². The van der Waals surface area contributed by atoms with Crippen molar-refractivity contribution in [3.63, 3.8) is 0 Å². The summed E-state index contributed by atoms with van der Waals surface area (Å²) in [4.78, 5) is 2.43. The average molecular weight is 420 g/mol. The first-order chi connectivity index (χ1) is 13.3. The molecular formula is C22H29NO3S2. The van der Waals surface area contributed by atoms with Gasteiger partial charge in [-0.3, -0.25) is 4.90 Å². The monoisotopic (exact) mass is 419 g/mol. The highest BCUT2D eigenvalue weighted by molar-refractivity contribution is 8.17. The van der Waals surface area contributed by atoms with E-state index in [2.05, 4.69) is 25.7 Å². The molecule has 3 rings (SSSR count). The van der Waals surface area contributed by atoms with Gasteiger partial charge in [-0.05, 0) is 56.2 Å². The number of methoxy groups -OCH3 is 2. The Labute approximate surface area is 176 Å². The van der Waals surface area contributed by atoms with E-state index in [0.29, 0.717) is 0 Å². The first-order valence-electron chi connectivity index (χ1n) is 9.28. The van der Waals surface area contributed by atoms with Crippen LogP contribution in [0, 0.1) is 0 Å². The average Bonchev–Trinajstić information content (AvgIpc) is 2.73. The van der Waals surface area contributed by atoms with Crippen molar-refractivity contribution in [3.8, 4) is 11.5 Å². The lowest BCUT2D eigenvalue weighted by atomic mass is 9.87. The fourth-order valence-corrected chi connectivity index (χ4v) is 6.64. The zero-order chi connectivity index (χ0) is 20.4. The van der Waals surface area contributed by atoms with Crippen molar-refractivity contribution < 1.29 is 14.6 Å². The second kappa shape index (κ2) is 8.57. The van der Waals surface area contributed by atoms with Crippen molar-refractivity contribution >= 4 is 23.5 Å². The van der Waals surface area contributed by atoms with E-state index < -0.39 is 5.60 Å². The van der Waals surface area contributed by atoms with Crippen LogP contribution in [0.4, 0.5) is 0 Å². The molecule has 0 atom stereocenters. The maximum absolute atomic E-state index is 12.1. The van der Waals surface area contributed by atoms with Crippen LogP contribution in [-0.4, -0.2) is 46.1 Å². The van der Waals surface area contributed by atoms with Crippen LogP contribution in [0.2, 0.25) is 0 Å². The summed E-state index contributed by atoms with van der Waals surface area (Å²) in [5, 5.41) is 12.1. The van der Waals surface area contributed by atoms with E-state index in [0.717, 1.165) is 34.4 Å². The Morgan fingerprint density at radius 3 is 1.54 bits per heavy atom. The van der Waals surface area contributed by atoms with Gasteiger partial charge in [0.25, 0.3) is 0 Å². The number of thioether (sulfide) groups is 2. The molecule has 0 unspecified atom stereocenters. The van der Waals surface area contributed by atoms with Gasteiger partial charge in [0.15, 0.2) is 0 Å².